The summed E-state index contributed by atoms with van der Waals surface area (Å²) < 4.78 is 2.56. The van der Waals surface area contributed by atoms with Gasteiger partial charge in [0.15, 0.2) is 0 Å². The molecule has 0 spiro atoms. The van der Waals surface area contributed by atoms with E-state index in [0.29, 0.717) is 0 Å². The van der Waals surface area contributed by atoms with Gasteiger partial charge in [-0.1, -0.05) is 31.4 Å². The molecule has 0 amide bonds. The zero-order chi connectivity index (χ0) is 13.2. The molecule has 2 nitrogen and oxygen atoms in total. The fraction of sp³-hybridized carbons (Fsp3) is 0.529. The number of unbranched alkanes of at least 4 members (excludes halogenated alkanes) is 2. The number of hydrogen-bond donors (Lipinski definition) is 1. The van der Waals surface area contributed by atoms with E-state index >= 15 is 0 Å². The van der Waals surface area contributed by atoms with Crippen LogP contribution in [0.2, 0.25) is 0 Å². The predicted octanol–water partition coefficient (Wildman–Crippen LogP) is 4.21. The second-order valence-corrected chi connectivity index (χ2v) is 5.73. The number of halogens is 1. The third-order valence-electron chi connectivity index (χ3n) is 4.27. The van der Waals surface area contributed by atoms with Crippen molar-refractivity contribution in [1.29, 1.82) is 0 Å². The van der Waals surface area contributed by atoms with Crippen LogP contribution in [0, 0.1) is 6.92 Å². The van der Waals surface area contributed by atoms with Crippen molar-refractivity contribution in [2.75, 3.05) is 6.54 Å². The van der Waals surface area contributed by atoms with Gasteiger partial charge in [-0.05, 0) is 44.0 Å². The third-order valence-corrected chi connectivity index (χ3v) is 4.27. The summed E-state index contributed by atoms with van der Waals surface area (Å²) in [5.74, 6) is 0. The van der Waals surface area contributed by atoms with E-state index in [0.717, 1.165) is 13.1 Å². The van der Waals surface area contributed by atoms with E-state index in [9.17, 15) is 0 Å². The summed E-state index contributed by atoms with van der Waals surface area (Å²) in [6.07, 6.45) is 5.09. The van der Waals surface area contributed by atoms with Crippen LogP contribution in [0.4, 0.5) is 0 Å². The molecule has 2 aromatic rings. The molecule has 20 heavy (non-hydrogen) atoms. The van der Waals surface area contributed by atoms with E-state index in [1.165, 1.54) is 54.4 Å². The Balaban J connectivity index is 0.00000147. The van der Waals surface area contributed by atoms with Crippen LogP contribution in [0.25, 0.3) is 10.9 Å². The highest BCUT2D eigenvalue weighted by molar-refractivity contribution is 5.86. The highest BCUT2D eigenvalue weighted by Gasteiger charge is 2.19. The van der Waals surface area contributed by atoms with Crippen LogP contribution < -0.4 is 5.32 Å². The van der Waals surface area contributed by atoms with Crippen molar-refractivity contribution in [2.45, 2.75) is 52.6 Å². The molecule has 1 N–H and O–H groups in total. The molecule has 0 saturated heterocycles. The average molecular weight is 293 g/mol. The Morgan fingerprint density at radius 3 is 2.90 bits per heavy atom. The van der Waals surface area contributed by atoms with Crippen LogP contribution in [0.1, 0.15) is 43.0 Å². The summed E-state index contributed by atoms with van der Waals surface area (Å²) in [6.45, 7) is 7.80. The summed E-state index contributed by atoms with van der Waals surface area (Å²) in [5, 5.41) is 5.02. The monoisotopic (exact) mass is 292 g/mol. The van der Waals surface area contributed by atoms with Crippen LogP contribution in [0.15, 0.2) is 18.2 Å². The third kappa shape index (κ3) is 2.72. The van der Waals surface area contributed by atoms with Crippen LogP contribution in [0.3, 0.4) is 0 Å². The molecule has 3 rings (SSSR count). The molecular weight excluding hydrogens is 268 g/mol. The van der Waals surface area contributed by atoms with E-state index in [1.807, 2.05) is 0 Å². The van der Waals surface area contributed by atoms with Crippen molar-refractivity contribution in [2.24, 2.45) is 0 Å². The summed E-state index contributed by atoms with van der Waals surface area (Å²) >= 11 is 0. The number of aromatic nitrogens is 1. The van der Waals surface area contributed by atoms with Gasteiger partial charge >= 0.3 is 0 Å². The summed E-state index contributed by atoms with van der Waals surface area (Å²) in [6, 6.07) is 6.93. The Labute approximate surface area is 128 Å². The summed E-state index contributed by atoms with van der Waals surface area (Å²) in [7, 11) is 0. The first-order valence-electron chi connectivity index (χ1n) is 7.62. The van der Waals surface area contributed by atoms with Crippen LogP contribution in [0.5, 0.6) is 0 Å². The Hall–Kier alpha value is -0.990. The molecule has 110 valence electrons. The van der Waals surface area contributed by atoms with Crippen LogP contribution in [-0.2, 0) is 19.5 Å². The largest absolute Gasteiger partial charge is 0.343 e. The molecule has 0 aliphatic carbocycles. The van der Waals surface area contributed by atoms with E-state index in [-0.39, 0.29) is 12.4 Å². The standard InChI is InChI=1S/C17H24N2.ClH/c1-3-4-5-10-19-16-7-6-13(2)11-15(16)14-8-9-18-12-17(14)19;/h6-7,11,18H,3-5,8-10,12H2,1-2H3;1H. The molecular formula is C17H25ClN2. The maximum absolute atomic E-state index is 3.53. The van der Waals surface area contributed by atoms with Gasteiger partial charge in [0.05, 0.1) is 0 Å². The van der Waals surface area contributed by atoms with Gasteiger partial charge in [-0.15, -0.1) is 12.4 Å². The highest BCUT2D eigenvalue weighted by Crippen LogP contribution is 2.29. The zero-order valence-electron chi connectivity index (χ0n) is 12.5. The van der Waals surface area contributed by atoms with Gasteiger partial charge in [0, 0.05) is 29.7 Å². The van der Waals surface area contributed by atoms with Gasteiger partial charge in [0.1, 0.15) is 0 Å². The first kappa shape index (κ1) is 15.4. The maximum atomic E-state index is 3.53. The smallest absolute Gasteiger partial charge is 0.0486 e. The van der Waals surface area contributed by atoms with Crippen molar-refractivity contribution in [3.05, 3.63) is 35.0 Å². The lowest BCUT2D eigenvalue weighted by molar-refractivity contribution is 0.556. The van der Waals surface area contributed by atoms with Crippen LogP contribution >= 0.6 is 12.4 Å². The number of nitrogens with zero attached hydrogens (tertiary/aromatic N) is 1. The molecule has 0 atom stereocenters. The quantitative estimate of drug-likeness (QED) is 0.836. The van der Waals surface area contributed by atoms with E-state index < -0.39 is 0 Å². The van der Waals surface area contributed by atoms with Crippen molar-refractivity contribution in [3.8, 4) is 0 Å². The first-order chi connectivity index (χ1) is 9.31. The zero-order valence-corrected chi connectivity index (χ0v) is 13.4. The Kier molecular flexibility index (Phi) is 5.11. The van der Waals surface area contributed by atoms with Gasteiger partial charge in [-0.25, -0.2) is 0 Å². The van der Waals surface area contributed by atoms with Gasteiger partial charge in [0.25, 0.3) is 0 Å². The van der Waals surface area contributed by atoms with E-state index in [1.54, 1.807) is 5.56 Å². The molecule has 0 saturated carbocycles. The van der Waals surface area contributed by atoms with Gasteiger partial charge < -0.3 is 9.88 Å². The minimum absolute atomic E-state index is 0. The lowest BCUT2D eigenvalue weighted by atomic mass is 10.0. The molecule has 2 heterocycles. The minimum atomic E-state index is 0. The minimum Gasteiger partial charge on any atom is -0.343 e. The Morgan fingerprint density at radius 1 is 1.25 bits per heavy atom. The van der Waals surface area contributed by atoms with Crippen molar-refractivity contribution < 1.29 is 0 Å². The number of benzene rings is 1. The van der Waals surface area contributed by atoms with E-state index in [4.69, 9.17) is 0 Å². The molecule has 1 aliphatic heterocycles. The molecule has 0 unspecified atom stereocenters. The molecule has 3 heteroatoms. The topological polar surface area (TPSA) is 17.0 Å². The number of aryl methyl sites for hydroxylation is 2. The maximum Gasteiger partial charge on any atom is 0.0486 e. The number of rotatable bonds is 4. The lowest BCUT2D eigenvalue weighted by Gasteiger charge is -2.17. The van der Waals surface area contributed by atoms with Crippen molar-refractivity contribution in [3.63, 3.8) is 0 Å². The van der Waals surface area contributed by atoms with Gasteiger partial charge in [0.2, 0.25) is 0 Å². The van der Waals surface area contributed by atoms with Crippen LogP contribution in [-0.4, -0.2) is 11.1 Å². The fourth-order valence-corrected chi connectivity index (χ4v) is 3.27. The normalized spacial score (nSPS) is 14.1. The van der Waals surface area contributed by atoms with Gasteiger partial charge in [-0.3, -0.25) is 0 Å². The molecule has 0 fully saturated rings. The Bertz CT molecular complexity index is 586. The highest BCUT2D eigenvalue weighted by atomic mass is 35.5. The molecule has 0 bridgehead atoms. The molecule has 1 aromatic carbocycles. The SMILES string of the molecule is CCCCCn1c2c(c3cc(C)ccc31)CCNC2.Cl. The second-order valence-electron chi connectivity index (χ2n) is 5.73. The number of hydrogen-bond acceptors (Lipinski definition) is 1. The number of fused-ring (bicyclic) bond motifs is 3. The van der Waals surface area contributed by atoms with Gasteiger partial charge in [-0.2, -0.15) is 0 Å². The predicted molar refractivity (Wildman–Crippen MR) is 88.9 cm³/mol. The first-order valence-corrected chi connectivity index (χ1v) is 7.62. The average Bonchev–Trinajstić information content (AvgIpc) is 2.73. The van der Waals surface area contributed by atoms with Crippen molar-refractivity contribution in [1.82, 2.24) is 9.88 Å². The lowest BCUT2D eigenvalue weighted by Crippen LogP contribution is -2.25. The Morgan fingerprint density at radius 2 is 2.10 bits per heavy atom. The van der Waals surface area contributed by atoms with E-state index in [2.05, 4.69) is 41.9 Å². The number of nitrogens with one attached hydrogen (secondary N) is 1. The summed E-state index contributed by atoms with van der Waals surface area (Å²) in [5.41, 5.74) is 5.94. The molecule has 0 radical (unpaired) electrons. The van der Waals surface area contributed by atoms with Crippen molar-refractivity contribution >= 4 is 23.3 Å². The molecule has 1 aliphatic rings. The second kappa shape index (κ2) is 6.64. The summed E-state index contributed by atoms with van der Waals surface area (Å²) in [4.78, 5) is 0. The molecule has 1 aromatic heterocycles. The fourth-order valence-electron chi connectivity index (χ4n) is 3.27.